The largest absolute Gasteiger partial charge is 0.444 e. The van der Waals surface area contributed by atoms with Gasteiger partial charge in [-0.05, 0) is 57.5 Å². The van der Waals surface area contributed by atoms with Crippen molar-refractivity contribution in [1.82, 2.24) is 29.6 Å². The van der Waals surface area contributed by atoms with Crippen molar-refractivity contribution in [1.29, 1.82) is 0 Å². The first kappa shape index (κ1) is 27.2. The van der Waals surface area contributed by atoms with E-state index in [9.17, 15) is 4.79 Å². The number of amides is 1. The van der Waals surface area contributed by atoms with Gasteiger partial charge in [-0.15, -0.1) is 0 Å². The molecule has 3 aromatic heterocycles. The van der Waals surface area contributed by atoms with Gasteiger partial charge in [0.1, 0.15) is 22.8 Å². The van der Waals surface area contributed by atoms with Crippen LogP contribution in [0.4, 0.5) is 14.9 Å². The van der Waals surface area contributed by atoms with E-state index in [1.807, 2.05) is 58.2 Å². The highest BCUT2D eigenvalue weighted by Gasteiger charge is 2.26. The predicted octanol–water partition coefficient (Wildman–Crippen LogP) is 5.21. The normalized spacial score (nSPS) is 13.9. The van der Waals surface area contributed by atoms with E-state index >= 15 is 4.39 Å². The van der Waals surface area contributed by atoms with Gasteiger partial charge in [-0.25, -0.2) is 19.2 Å². The first-order chi connectivity index (χ1) is 19.2. The molecule has 0 spiro atoms. The number of hydrogen-bond acceptors (Lipinski definition) is 7. The number of aryl methyl sites for hydroxylation is 1. The van der Waals surface area contributed by atoms with Crippen LogP contribution in [0.25, 0.3) is 22.5 Å². The van der Waals surface area contributed by atoms with E-state index in [1.165, 1.54) is 6.20 Å². The number of halogens is 1. The van der Waals surface area contributed by atoms with Gasteiger partial charge in [0.2, 0.25) is 0 Å². The van der Waals surface area contributed by atoms with Crippen LogP contribution in [0.5, 0.6) is 0 Å². The molecule has 208 valence electrons. The van der Waals surface area contributed by atoms with Gasteiger partial charge >= 0.3 is 6.09 Å². The molecule has 1 saturated heterocycles. The molecule has 1 aromatic carbocycles. The lowest BCUT2D eigenvalue weighted by Gasteiger charge is -2.36. The summed E-state index contributed by atoms with van der Waals surface area (Å²) >= 11 is 0. The lowest BCUT2D eigenvalue weighted by molar-refractivity contribution is 0.0240. The van der Waals surface area contributed by atoms with Gasteiger partial charge in [0.05, 0.1) is 6.20 Å². The topological polar surface area (TPSA) is 89.3 Å². The molecule has 9 nitrogen and oxygen atoms in total. The van der Waals surface area contributed by atoms with E-state index in [4.69, 9.17) is 4.74 Å². The number of carbonyl (C=O) groups is 1. The van der Waals surface area contributed by atoms with Crippen LogP contribution in [-0.4, -0.2) is 67.5 Å². The summed E-state index contributed by atoms with van der Waals surface area (Å²) in [6, 6.07) is 11.9. The molecule has 1 fully saturated rings. The van der Waals surface area contributed by atoms with Crippen molar-refractivity contribution in [2.24, 2.45) is 0 Å². The molecule has 10 heteroatoms. The summed E-state index contributed by atoms with van der Waals surface area (Å²) in [5, 5.41) is 4.63. The number of rotatable bonds is 6. The Balaban J connectivity index is 1.28. The molecule has 4 heterocycles. The van der Waals surface area contributed by atoms with Crippen molar-refractivity contribution >= 4 is 11.8 Å². The van der Waals surface area contributed by atoms with E-state index < -0.39 is 11.4 Å². The molecule has 5 rings (SSSR count). The third-order valence-corrected chi connectivity index (χ3v) is 6.66. The van der Waals surface area contributed by atoms with E-state index in [0.717, 1.165) is 29.9 Å². The van der Waals surface area contributed by atoms with Crippen LogP contribution >= 0.6 is 0 Å². The Hall–Kier alpha value is -4.34. The van der Waals surface area contributed by atoms with Crippen LogP contribution < -0.4 is 4.90 Å². The number of aromatic nitrogens is 5. The minimum Gasteiger partial charge on any atom is -0.444 e. The van der Waals surface area contributed by atoms with E-state index in [1.54, 1.807) is 22.0 Å². The summed E-state index contributed by atoms with van der Waals surface area (Å²) < 4.78 is 22.3. The number of carbonyl (C=O) groups excluding carboxylic acids is 1. The minimum atomic E-state index is -0.502. The summed E-state index contributed by atoms with van der Waals surface area (Å²) in [5.74, 6) is 0.0296. The van der Waals surface area contributed by atoms with Crippen molar-refractivity contribution in [2.45, 2.75) is 46.3 Å². The Labute approximate surface area is 233 Å². The highest BCUT2D eigenvalue weighted by Crippen LogP contribution is 2.31. The van der Waals surface area contributed by atoms with Gasteiger partial charge in [0, 0.05) is 74.5 Å². The third kappa shape index (κ3) is 6.27. The molecular formula is C30H34FN7O2. The molecule has 4 aromatic rings. The Kier molecular flexibility index (Phi) is 7.77. The van der Waals surface area contributed by atoms with Gasteiger partial charge in [-0.3, -0.25) is 9.67 Å². The molecule has 0 radical (unpaired) electrons. The Bertz CT molecular complexity index is 1460. The summed E-state index contributed by atoms with van der Waals surface area (Å²) in [4.78, 5) is 29.4. The summed E-state index contributed by atoms with van der Waals surface area (Å²) in [7, 11) is 0. The molecule has 1 amide bonds. The van der Waals surface area contributed by atoms with E-state index in [-0.39, 0.29) is 11.8 Å². The Morgan fingerprint density at radius 1 is 1.02 bits per heavy atom. The average molecular weight is 544 g/mol. The van der Waals surface area contributed by atoms with Crippen LogP contribution in [0.1, 0.15) is 39.1 Å². The standard InChI is InChI=1S/C30H34FN7O2/c1-5-38-20-24(27(35-38)22-7-6-12-32-18-22)28-25(31)19-33-26(34-28)17-21-8-10-23(11-9-21)36-13-15-37(16-14-36)29(39)40-30(2,3)4/h6-12,18-20H,5,13-17H2,1-4H3. The van der Waals surface area contributed by atoms with Crippen molar-refractivity contribution in [3.8, 4) is 22.5 Å². The van der Waals surface area contributed by atoms with Crippen LogP contribution in [0, 0.1) is 5.82 Å². The fourth-order valence-corrected chi connectivity index (χ4v) is 4.63. The number of piperazine rings is 1. The lowest BCUT2D eigenvalue weighted by Crippen LogP contribution is -2.50. The maximum atomic E-state index is 15.0. The number of anilines is 1. The summed E-state index contributed by atoms with van der Waals surface area (Å²) in [6.45, 7) is 10.9. The molecule has 1 aliphatic heterocycles. The van der Waals surface area contributed by atoms with Crippen LogP contribution in [0.15, 0.2) is 61.2 Å². The van der Waals surface area contributed by atoms with Gasteiger partial charge in [-0.1, -0.05) is 12.1 Å². The van der Waals surface area contributed by atoms with E-state index in [0.29, 0.717) is 43.1 Å². The predicted molar refractivity (Wildman–Crippen MR) is 151 cm³/mol. The second-order valence-corrected chi connectivity index (χ2v) is 10.8. The molecule has 1 aliphatic rings. The molecule has 0 saturated carbocycles. The third-order valence-electron chi connectivity index (χ3n) is 6.66. The molecule has 0 bridgehead atoms. The number of benzene rings is 1. The number of nitrogens with zero attached hydrogens (tertiary/aromatic N) is 7. The van der Waals surface area contributed by atoms with Crippen LogP contribution in [0.3, 0.4) is 0 Å². The van der Waals surface area contributed by atoms with Crippen molar-refractivity contribution in [3.63, 3.8) is 0 Å². The number of pyridine rings is 1. The minimum absolute atomic E-state index is 0.225. The second-order valence-electron chi connectivity index (χ2n) is 10.8. The maximum absolute atomic E-state index is 15.0. The number of hydrogen-bond donors (Lipinski definition) is 0. The number of ether oxygens (including phenoxy) is 1. The highest BCUT2D eigenvalue weighted by atomic mass is 19.1. The zero-order valence-corrected chi connectivity index (χ0v) is 23.3. The lowest BCUT2D eigenvalue weighted by atomic mass is 10.1. The highest BCUT2D eigenvalue weighted by molar-refractivity contribution is 5.78. The molecule has 0 aliphatic carbocycles. The first-order valence-corrected chi connectivity index (χ1v) is 13.5. The maximum Gasteiger partial charge on any atom is 0.410 e. The fraction of sp³-hybridized carbons (Fsp3) is 0.367. The smallest absolute Gasteiger partial charge is 0.410 e. The summed E-state index contributed by atoms with van der Waals surface area (Å²) in [5.41, 5.74) is 3.87. The van der Waals surface area contributed by atoms with Gasteiger partial charge in [0.25, 0.3) is 0 Å². The Morgan fingerprint density at radius 3 is 2.42 bits per heavy atom. The SMILES string of the molecule is CCn1cc(-c2nc(Cc3ccc(N4CCN(C(=O)OC(C)(C)C)CC4)cc3)ncc2F)c(-c2cccnc2)n1. The van der Waals surface area contributed by atoms with Gasteiger partial charge in [0.15, 0.2) is 5.82 Å². The molecule has 0 N–H and O–H groups in total. The zero-order valence-electron chi connectivity index (χ0n) is 23.3. The van der Waals surface area contributed by atoms with E-state index in [2.05, 4.69) is 37.1 Å². The molecule has 0 unspecified atom stereocenters. The van der Waals surface area contributed by atoms with Crippen LogP contribution in [0.2, 0.25) is 0 Å². The van der Waals surface area contributed by atoms with Crippen molar-refractivity contribution < 1.29 is 13.9 Å². The van der Waals surface area contributed by atoms with Crippen molar-refractivity contribution in [2.75, 3.05) is 31.1 Å². The molecular weight excluding hydrogens is 509 g/mol. The molecule has 0 atom stereocenters. The first-order valence-electron chi connectivity index (χ1n) is 13.5. The quantitative estimate of drug-likeness (QED) is 0.330. The van der Waals surface area contributed by atoms with Gasteiger partial charge in [-0.2, -0.15) is 5.10 Å². The zero-order chi connectivity index (χ0) is 28.3. The van der Waals surface area contributed by atoms with Crippen LogP contribution in [-0.2, 0) is 17.7 Å². The second kappa shape index (κ2) is 11.4. The van der Waals surface area contributed by atoms with Crippen molar-refractivity contribution in [3.05, 3.63) is 78.4 Å². The van der Waals surface area contributed by atoms with Gasteiger partial charge < -0.3 is 14.5 Å². The molecule has 40 heavy (non-hydrogen) atoms. The fourth-order valence-electron chi connectivity index (χ4n) is 4.63. The summed E-state index contributed by atoms with van der Waals surface area (Å²) in [6.07, 6.45) is 6.64. The Morgan fingerprint density at radius 2 is 1.77 bits per heavy atom. The average Bonchev–Trinajstić information content (AvgIpc) is 3.39. The monoisotopic (exact) mass is 543 g/mol.